The van der Waals surface area contributed by atoms with Gasteiger partial charge < -0.3 is 16.2 Å². The predicted octanol–water partition coefficient (Wildman–Crippen LogP) is 4.34. The van der Waals surface area contributed by atoms with Crippen molar-refractivity contribution in [3.63, 3.8) is 0 Å². The van der Waals surface area contributed by atoms with E-state index in [-0.39, 0.29) is 28.7 Å². The number of aliphatic hydroxyl groups is 1. The summed E-state index contributed by atoms with van der Waals surface area (Å²) in [5.74, 6) is 0. The van der Waals surface area contributed by atoms with Crippen LogP contribution in [0.4, 0.5) is 11.4 Å². The van der Waals surface area contributed by atoms with Crippen LogP contribution in [-0.4, -0.2) is 40.3 Å². The standard InChI is InChI=1S/C16H21N3O3S.C4H3S.BrH.Li/c1-11-6-7-14(19(21)22)13(10-11)18-8-2-4-12(17)16(20)15-5-3-9-23-15;1-2-4-5-3-1;;/h3,5-7,9-10,12,16,18,20H,2,4,8,17H2,1H3;1-3H;1H;. The summed E-state index contributed by atoms with van der Waals surface area (Å²) in [6, 6.07) is 12.5. The van der Waals surface area contributed by atoms with Gasteiger partial charge in [0, 0.05) is 23.5 Å². The van der Waals surface area contributed by atoms with E-state index in [1.807, 2.05) is 24.4 Å². The summed E-state index contributed by atoms with van der Waals surface area (Å²) in [5, 5.41) is 28.2. The van der Waals surface area contributed by atoms with Crippen LogP contribution in [0.5, 0.6) is 0 Å². The molecule has 2 aromatic heterocycles. The number of aryl methyl sites for hydroxylation is 1. The fourth-order valence-corrected chi connectivity index (χ4v) is 4.02. The van der Waals surface area contributed by atoms with E-state index in [0.717, 1.165) is 10.4 Å². The molecular weight excluding hydrogens is 481 g/mol. The molecule has 3 aromatic rings. The van der Waals surface area contributed by atoms with E-state index in [9.17, 15) is 15.2 Å². The van der Waals surface area contributed by atoms with Gasteiger partial charge in [-0.25, -0.2) is 0 Å². The number of nitro groups is 1. The monoisotopic (exact) mass is 505 g/mol. The minimum atomic E-state index is -0.664. The molecule has 2 atom stereocenters. The van der Waals surface area contributed by atoms with E-state index < -0.39 is 11.0 Å². The first-order valence-electron chi connectivity index (χ1n) is 9.34. The molecule has 158 valence electrons. The third-order valence-corrected chi connectivity index (χ3v) is 6.03. The maximum atomic E-state index is 11.0. The van der Waals surface area contributed by atoms with E-state index in [1.165, 1.54) is 21.0 Å². The van der Waals surface area contributed by atoms with Crippen molar-refractivity contribution in [2.75, 3.05) is 11.9 Å². The van der Waals surface area contributed by atoms with Crippen molar-refractivity contribution in [2.45, 2.75) is 31.9 Å². The molecule has 0 spiro atoms. The molecule has 10 heteroatoms. The molecule has 0 fully saturated rings. The number of hydrogen-bond donors (Lipinski definition) is 3. The minimum absolute atomic E-state index is 0. The molecule has 0 radical (unpaired) electrons. The number of nitrogens with one attached hydrogen (secondary N) is 1. The molecule has 0 saturated heterocycles. The predicted molar refractivity (Wildman–Crippen MR) is 133 cm³/mol. The van der Waals surface area contributed by atoms with Crippen molar-refractivity contribution >= 4 is 72.3 Å². The van der Waals surface area contributed by atoms with E-state index in [4.69, 9.17) is 5.73 Å². The number of nitrogens with two attached hydrogens (primary N) is 1. The first-order valence-corrected chi connectivity index (χ1v) is 11.1. The van der Waals surface area contributed by atoms with Gasteiger partial charge in [0.15, 0.2) is 0 Å². The molecule has 6 nitrogen and oxygen atoms in total. The van der Waals surface area contributed by atoms with Crippen LogP contribution in [0.25, 0.3) is 0 Å². The Hall–Kier alpha value is -1.18. The summed E-state index contributed by atoms with van der Waals surface area (Å²) in [4.78, 5) is 11.5. The zero-order valence-corrected chi connectivity index (χ0v) is 20.3. The van der Waals surface area contributed by atoms with E-state index in [2.05, 4.69) is 40.5 Å². The first kappa shape index (κ1) is 26.9. The molecule has 0 amide bonds. The van der Waals surface area contributed by atoms with Crippen LogP contribution >= 0.6 is 39.7 Å². The van der Waals surface area contributed by atoms with Crippen LogP contribution in [0.3, 0.4) is 0 Å². The van der Waals surface area contributed by atoms with Crippen LogP contribution in [0.15, 0.2) is 53.2 Å². The van der Waals surface area contributed by atoms with Crippen molar-refractivity contribution in [2.24, 2.45) is 5.73 Å². The van der Waals surface area contributed by atoms with Crippen molar-refractivity contribution < 1.29 is 10.0 Å². The van der Waals surface area contributed by atoms with E-state index in [0.29, 0.717) is 25.1 Å². The van der Waals surface area contributed by atoms with Crippen LogP contribution in [-0.2, 0) is 0 Å². The fraction of sp³-hybridized carbons (Fsp3) is 0.300. The van der Waals surface area contributed by atoms with Crippen LogP contribution < -0.4 is 14.6 Å². The van der Waals surface area contributed by atoms with Gasteiger partial charge in [-0.1, -0.05) is 12.1 Å². The van der Waals surface area contributed by atoms with Gasteiger partial charge >= 0.3 is 50.1 Å². The van der Waals surface area contributed by atoms with Crippen molar-refractivity contribution in [1.29, 1.82) is 0 Å². The Balaban J connectivity index is 0.000000552. The van der Waals surface area contributed by atoms with Crippen LogP contribution in [0, 0.1) is 17.0 Å². The Morgan fingerprint density at radius 1 is 1.23 bits per heavy atom. The molecule has 2 unspecified atom stereocenters. The average Bonchev–Trinajstić information content (AvgIpc) is 3.38. The van der Waals surface area contributed by atoms with E-state index in [1.54, 1.807) is 23.5 Å². The summed E-state index contributed by atoms with van der Waals surface area (Å²) in [6.07, 6.45) is 0.684. The number of thiophene rings is 2. The van der Waals surface area contributed by atoms with Gasteiger partial charge in [0.1, 0.15) is 11.8 Å². The molecule has 0 bridgehead atoms. The van der Waals surface area contributed by atoms with Gasteiger partial charge in [0.05, 0.1) is 4.92 Å². The zero-order chi connectivity index (χ0) is 21.2. The first-order chi connectivity index (χ1) is 13.9. The molecule has 1 aromatic carbocycles. The van der Waals surface area contributed by atoms with Crippen molar-refractivity contribution in [1.82, 2.24) is 0 Å². The maximum absolute atomic E-state index is 11.0. The topological polar surface area (TPSA) is 101 Å². The number of aliphatic hydroxyl groups excluding tert-OH is 1. The number of nitrogens with zero attached hydrogens (tertiary/aromatic N) is 1. The molecule has 0 saturated carbocycles. The second-order valence-electron chi connectivity index (χ2n) is 6.69. The third kappa shape index (κ3) is 8.90. The third-order valence-electron chi connectivity index (χ3n) is 4.28. The molecule has 3 rings (SSSR count). The van der Waals surface area contributed by atoms with Gasteiger partial charge in [-0.2, -0.15) is 0 Å². The average molecular weight is 506 g/mol. The number of halogens is 1. The number of anilines is 1. The number of nitro benzene ring substituents is 1. The Morgan fingerprint density at radius 3 is 2.47 bits per heavy atom. The second-order valence-corrected chi connectivity index (χ2v) is 8.83. The molecule has 30 heavy (non-hydrogen) atoms. The van der Waals surface area contributed by atoms with Crippen LogP contribution in [0.1, 0.15) is 29.4 Å². The summed E-state index contributed by atoms with van der Waals surface area (Å²) in [6.45, 7) is 2.46. The molecule has 2 heterocycles. The Bertz CT molecular complexity index is 880. The van der Waals surface area contributed by atoms with Crippen molar-refractivity contribution in [3.05, 3.63) is 73.8 Å². The SMILES string of the molecule is Br.Cc1ccc([N+](=O)[O-])c(NCCCC(N)C(O)c2cccs2)c1.[Li][c]1cccs1. The van der Waals surface area contributed by atoms with Gasteiger partial charge in [-0.05, 0) is 42.8 Å². The summed E-state index contributed by atoms with van der Waals surface area (Å²) in [5.41, 5.74) is 7.56. The van der Waals surface area contributed by atoms with Gasteiger partial charge in [-0.3, -0.25) is 10.1 Å². The summed E-state index contributed by atoms with van der Waals surface area (Å²) < 4.78 is 1.38. The zero-order valence-electron chi connectivity index (χ0n) is 17.0. The molecule has 0 aliphatic carbocycles. The van der Waals surface area contributed by atoms with Crippen molar-refractivity contribution in [3.8, 4) is 0 Å². The molecular formula is C20H25BrLiN3O3S2. The Kier molecular flexibility index (Phi) is 12.5. The molecule has 0 aliphatic heterocycles. The summed E-state index contributed by atoms with van der Waals surface area (Å²) in [7, 11) is 0. The second kappa shape index (κ2) is 14.0. The molecule has 0 aliphatic rings. The van der Waals surface area contributed by atoms with E-state index >= 15 is 0 Å². The normalized spacial score (nSPS) is 12.2. The van der Waals surface area contributed by atoms with Gasteiger partial charge in [0.25, 0.3) is 5.69 Å². The number of hydrogen-bond acceptors (Lipinski definition) is 7. The van der Waals surface area contributed by atoms with Gasteiger partial charge in [-0.15, -0.1) is 28.3 Å². The molecule has 4 N–H and O–H groups in total. The fourth-order valence-electron chi connectivity index (χ4n) is 2.70. The van der Waals surface area contributed by atoms with Gasteiger partial charge in [0.2, 0.25) is 0 Å². The number of benzene rings is 1. The number of rotatable bonds is 8. The van der Waals surface area contributed by atoms with Crippen LogP contribution in [0.2, 0.25) is 0 Å². The Morgan fingerprint density at radius 2 is 1.93 bits per heavy atom. The summed E-state index contributed by atoms with van der Waals surface area (Å²) >= 11 is 5.36. The quantitative estimate of drug-likeness (QED) is 0.183. The Labute approximate surface area is 204 Å².